The van der Waals surface area contributed by atoms with Crippen LogP contribution in [0, 0.1) is 13.8 Å². The second-order valence-electron chi connectivity index (χ2n) is 5.26. The summed E-state index contributed by atoms with van der Waals surface area (Å²) in [5.41, 5.74) is 4.12. The number of ether oxygens (including phenoxy) is 1. The van der Waals surface area contributed by atoms with Crippen molar-refractivity contribution in [2.24, 2.45) is 0 Å². The molecule has 2 aromatic carbocycles. The maximum atomic E-state index is 12.0. The summed E-state index contributed by atoms with van der Waals surface area (Å²) < 4.78 is 6.66. The Labute approximate surface area is 139 Å². The molecule has 0 unspecified atom stereocenters. The number of aryl methyl sites for hydroxylation is 3. The van der Waals surface area contributed by atoms with Crippen molar-refractivity contribution in [1.29, 1.82) is 0 Å². The molecule has 3 nitrogen and oxygen atoms in total. The van der Waals surface area contributed by atoms with E-state index in [0.717, 1.165) is 33.5 Å². The molecule has 2 aromatic rings. The Morgan fingerprint density at radius 1 is 1.18 bits per heavy atom. The van der Waals surface area contributed by atoms with Crippen molar-refractivity contribution in [2.75, 3.05) is 11.9 Å². The summed E-state index contributed by atoms with van der Waals surface area (Å²) >= 11 is 3.44. The molecular formula is C18H20BrNO2. The minimum absolute atomic E-state index is 0.00193. The minimum Gasteiger partial charge on any atom is -0.483 e. The van der Waals surface area contributed by atoms with E-state index in [1.165, 1.54) is 5.56 Å². The van der Waals surface area contributed by atoms with E-state index in [0.29, 0.717) is 0 Å². The highest BCUT2D eigenvalue weighted by Crippen LogP contribution is 2.23. The summed E-state index contributed by atoms with van der Waals surface area (Å²) in [6, 6.07) is 11.7. The van der Waals surface area contributed by atoms with Crippen molar-refractivity contribution >= 4 is 27.5 Å². The number of nitrogens with one attached hydrogen (secondary N) is 1. The zero-order chi connectivity index (χ0) is 16.1. The van der Waals surface area contributed by atoms with Gasteiger partial charge in [-0.25, -0.2) is 0 Å². The lowest BCUT2D eigenvalue weighted by Crippen LogP contribution is -2.21. The van der Waals surface area contributed by atoms with E-state index >= 15 is 0 Å². The molecule has 0 aliphatic carbocycles. The van der Waals surface area contributed by atoms with Gasteiger partial charge in [0.1, 0.15) is 5.75 Å². The molecule has 0 atom stereocenters. The Balaban J connectivity index is 1.98. The predicted molar refractivity (Wildman–Crippen MR) is 93.6 cm³/mol. The first-order valence-corrected chi connectivity index (χ1v) is 8.07. The van der Waals surface area contributed by atoms with Gasteiger partial charge in [-0.2, -0.15) is 0 Å². The van der Waals surface area contributed by atoms with E-state index in [2.05, 4.69) is 28.2 Å². The summed E-state index contributed by atoms with van der Waals surface area (Å²) in [5.74, 6) is 0.596. The number of halogens is 1. The Morgan fingerprint density at radius 3 is 2.64 bits per heavy atom. The summed E-state index contributed by atoms with van der Waals surface area (Å²) in [4.78, 5) is 12.0. The van der Waals surface area contributed by atoms with Crippen molar-refractivity contribution in [3.05, 3.63) is 57.6 Å². The SMILES string of the molecule is CCc1cc(Br)ccc1OCC(=O)Nc1ccc(C)cc1C. The Morgan fingerprint density at radius 2 is 1.95 bits per heavy atom. The molecule has 116 valence electrons. The van der Waals surface area contributed by atoms with Crippen LogP contribution in [0.1, 0.15) is 23.6 Å². The van der Waals surface area contributed by atoms with Gasteiger partial charge in [0.25, 0.3) is 5.91 Å². The van der Waals surface area contributed by atoms with E-state index in [4.69, 9.17) is 4.74 Å². The molecule has 0 saturated heterocycles. The molecule has 0 fully saturated rings. The first-order valence-electron chi connectivity index (χ1n) is 7.28. The summed E-state index contributed by atoms with van der Waals surface area (Å²) in [7, 11) is 0. The fraction of sp³-hybridized carbons (Fsp3) is 0.278. The van der Waals surface area contributed by atoms with Crippen LogP contribution in [0.2, 0.25) is 0 Å². The maximum Gasteiger partial charge on any atom is 0.262 e. The number of rotatable bonds is 5. The average molecular weight is 362 g/mol. The zero-order valence-corrected chi connectivity index (χ0v) is 14.7. The van der Waals surface area contributed by atoms with Gasteiger partial charge in [0.15, 0.2) is 6.61 Å². The molecule has 0 spiro atoms. The Kier molecular flexibility index (Phi) is 5.61. The fourth-order valence-corrected chi connectivity index (χ4v) is 2.66. The molecular weight excluding hydrogens is 342 g/mol. The Hall–Kier alpha value is -1.81. The minimum atomic E-state index is -0.156. The van der Waals surface area contributed by atoms with Crippen LogP contribution in [-0.4, -0.2) is 12.5 Å². The third kappa shape index (κ3) is 4.34. The monoisotopic (exact) mass is 361 g/mol. The van der Waals surface area contributed by atoms with Crippen LogP contribution in [-0.2, 0) is 11.2 Å². The van der Waals surface area contributed by atoms with E-state index in [1.807, 2.05) is 50.2 Å². The molecule has 0 aliphatic heterocycles. The smallest absolute Gasteiger partial charge is 0.262 e. The predicted octanol–water partition coefficient (Wildman–Crippen LogP) is 4.65. The number of carbonyl (C=O) groups excluding carboxylic acids is 1. The quantitative estimate of drug-likeness (QED) is 0.841. The topological polar surface area (TPSA) is 38.3 Å². The lowest BCUT2D eigenvalue weighted by molar-refractivity contribution is -0.118. The number of hydrogen-bond donors (Lipinski definition) is 1. The molecule has 0 radical (unpaired) electrons. The molecule has 1 amide bonds. The Bertz CT molecular complexity index is 683. The van der Waals surface area contributed by atoms with Gasteiger partial charge in [0.05, 0.1) is 0 Å². The van der Waals surface area contributed by atoms with Crippen LogP contribution in [0.4, 0.5) is 5.69 Å². The lowest BCUT2D eigenvalue weighted by atomic mass is 10.1. The highest BCUT2D eigenvalue weighted by Gasteiger charge is 2.08. The van der Waals surface area contributed by atoms with Gasteiger partial charge in [-0.05, 0) is 55.7 Å². The van der Waals surface area contributed by atoms with Crippen molar-refractivity contribution in [1.82, 2.24) is 0 Å². The highest BCUT2D eigenvalue weighted by molar-refractivity contribution is 9.10. The number of amides is 1. The van der Waals surface area contributed by atoms with Gasteiger partial charge in [0, 0.05) is 10.2 Å². The molecule has 0 saturated carbocycles. The van der Waals surface area contributed by atoms with Gasteiger partial charge < -0.3 is 10.1 Å². The number of benzene rings is 2. The molecule has 1 N–H and O–H groups in total. The number of hydrogen-bond acceptors (Lipinski definition) is 2. The van der Waals surface area contributed by atoms with Crippen LogP contribution in [0.15, 0.2) is 40.9 Å². The largest absolute Gasteiger partial charge is 0.483 e. The van der Waals surface area contributed by atoms with Crippen LogP contribution in [0.3, 0.4) is 0 Å². The second-order valence-corrected chi connectivity index (χ2v) is 6.18. The first-order chi connectivity index (χ1) is 10.5. The molecule has 0 bridgehead atoms. The summed E-state index contributed by atoms with van der Waals surface area (Å²) in [6.45, 7) is 6.07. The zero-order valence-electron chi connectivity index (χ0n) is 13.1. The third-order valence-electron chi connectivity index (χ3n) is 3.42. The van der Waals surface area contributed by atoms with Crippen molar-refractivity contribution in [3.8, 4) is 5.75 Å². The average Bonchev–Trinajstić information content (AvgIpc) is 2.48. The highest BCUT2D eigenvalue weighted by atomic mass is 79.9. The van der Waals surface area contributed by atoms with Gasteiger partial charge >= 0.3 is 0 Å². The molecule has 22 heavy (non-hydrogen) atoms. The van der Waals surface area contributed by atoms with Crippen molar-refractivity contribution in [3.63, 3.8) is 0 Å². The molecule has 0 heterocycles. The van der Waals surface area contributed by atoms with Crippen molar-refractivity contribution in [2.45, 2.75) is 27.2 Å². The molecule has 0 aromatic heterocycles. The van der Waals surface area contributed by atoms with Gasteiger partial charge in [-0.1, -0.05) is 40.5 Å². The molecule has 0 aliphatic rings. The van der Waals surface area contributed by atoms with Crippen LogP contribution in [0.5, 0.6) is 5.75 Å². The van der Waals surface area contributed by atoms with E-state index < -0.39 is 0 Å². The molecule has 4 heteroatoms. The van der Waals surface area contributed by atoms with E-state index in [9.17, 15) is 4.79 Å². The van der Waals surface area contributed by atoms with Crippen LogP contribution >= 0.6 is 15.9 Å². The summed E-state index contributed by atoms with van der Waals surface area (Å²) in [5, 5.41) is 2.88. The van der Waals surface area contributed by atoms with Gasteiger partial charge in [-0.15, -0.1) is 0 Å². The first kappa shape index (κ1) is 16.6. The number of anilines is 1. The van der Waals surface area contributed by atoms with Gasteiger partial charge in [-0.3, -0.25) is 4.79 Å². The van der Waals surface area contributed by atoms with E-state index in [1.54, 1.807) is 0 Å². The van der Waals surface area contributed by atoms with Gasteiger partial charge in [0.2, 0.25) is 0 Å². The third-order valence-corrected chi connectivity index (χ3v) is 3.91. The number of carbonyl (C=O) groups is 1. The lowest BCUT2D eigenvalue weighted by Gasteiger charge is -2.12. The summed E-state index contributed by atoms with van der Waals surface area (Å²) in [6.07, 6.45) is 0.855. The van der Waals surface area contributed by atoms with Crippen molar-refractivity contribution < 1.29 is 9.53 Å². The normalized spacial score (nSPS) is 10.4. The maximum absolute atomic E-state index is 12.0. The second kappa shape index (κ2) is 7.45. The van der Waals surface area contributed by atoms with Crippen LogP contribution < -0.4 is 10.1 Å². The standard InChI is InChI=1S/C18H20BrNO2/c1-4-14-10-15(19)6-8-17(14)22-11-18(21)20-16-7-5-12(2)9-13(16)3/h5-10H,4,11H2,1-3H3,(H,20,21). The van der Waals surface area contributed by atoms with Crippen LogP contribution in [0.25, 0.3) is 0 Å². The fourth-order valence-electron chi connectivity index (χ4n) is 2.25. The molecule has 2 rings (SSSR count). The van der Waals surface area contributed by atoms with E-state index in [-0.39, 0.29) is 12.5 Å².